The Hall–Kier alpha value is -1.97. The highest BCUT2D eigenvalue weighted by Gasteiger charge is 2.35. The van der Waals surface area contributed by atoms with Crippen LogP contribution in [0.3, 0.4) is 0 Å². The van der Waals surface area contributed by atoms with E-state index in [-0.39, 0.29) is 5.91 Å². The first-order valence-electron chi connectivity index (χ1n) is 7.55. The second-order valence-corrected chi connectivity index (χ2v) is 5.54. The second-order valence-electron chi connectivity index (χ2n) is 5.54. The number of methoxy groups -OCH3 is 1. The van der Waals surface area contributed by atoms with Crippen molar-refractivity contribution in [1.82, 2.24) is 4.90 Å². The summed E-state index contributed by atoms with van der Waals surface area (Å²) >= 11 is 0. The fourth-order valence-corrected chi connectivity index (χ4v) is 2.62. The molecule has 1 heterocycles. The lowest BCUT2D eigenvalue weighted by molar-refractivity contribution is -0.132. The summed E-state index contributed by atoms with van der Waals surface area (Å²) in [6, 6.07) is 8.20. The zero-order valence-corrected chi connectivity index (χ0v) is 12.4. The molecule has 1 aromatic rings. The monoisotopic (exact) mass is 287 g/mol. The van der Waals surface area contributed by atoms with Crippen molar-refractivity contribution in [2.24, 2.45) is 0 Å². The molecular formula is C17H21NO3. The maximum atomic E-state index is 12.7. The number of nitrogens with zero attached hydrogens (tertiary/aromatic N) is 1. The molecule has 1 aromatic carbocycles. The Labute approximate surface area is 125 Å². The number of hydrogen-bond acceptors (Lipinski definition) is 3. The van der Waals surface area contributed by atoms with Gasteiger partial charge < -0.3 is 14.4 Å². The van der Waals surface area contributed by atoms with Crippen molar-refractivity contribution in [3.63, 3.8) is 0 Å². The number of rotatable bonds is 5. The molecule has 1 amide bonds. The highest BCUT2D eigenvalue weighted by Crippen LogP contribution is 2.32. The van der Waals surface area contributed by atoms with E-state index in [0.717, 1.165) is 37.0 Å². The van der Waals surface area contributed by atoms with Crippen molar-refractivity contribution in [3.05, 3.63) is 41.7 Å². The fourth-order valence-electron chi connectivity index (χ4n) is 2.62. The van der Waals surface area contributed by atoms with Gasteiger partial charge in [0.25, 0.3) is 5.91 Å². The lowest BCUT2D eigenvalue weighted by Crippen LogP contribution is -2.35. The van der Waals surface area contributed by atoms with E-state index in [1.807, 2.05) is 35.2 Å². The summed E-state index contributed by atoms with van der Waals surface area (Å²) in [5.41, 5.74) is 1.04. The predicted octanol–water partition coefficient (Wildman–Crippen LogP) is 2.88. The maximum Gasteiger partial charge on any atom is 0.289 e. The molecule has 0 saturated heterocycles. The first kappa shape index (κ1) is 14.0. The molecule has 0 N–H and O–H groups in total. The molecule has 0 spiro atoms. The van der Waals surface area contributed by atoms with Crippen molar-refractivity contribution < 1.29 is 14.3 Å². The van der Waals surface area contributed by atoms with E-state index in [9.17, 15) is 4.79 Å². The quantitative estimate of drug-likeness (QED) is 0.836. The summed E-state index contributed by atoms with van der Waals surface area (Å²) in [7, 11) is 1.66. The van der Waals surface area contributed by atoms with Crippen molar-refractivity contribution in [2.75, 3.05) is 13.7 Å². The Morgan fingerprint density at radius 1 is 1.38 bits per heavy atom. The first-order valence-corrected chi connectivity index (χ1v) is 7.55. The molecule has 0 atom stereocenters. The predicted molar refractivity (Wildman–Crippen MR) is 79.8 cm³/mol. The third kappa shape index (κ3) is 3.20. The SMILES string of the molecule is COc1ccccc1CN(C(=O)C1=CCCCO1)C1CC1. The third-order valence-corrected chi connectivity index (χ3v) is 3.93. The molecule has 112 valence electrons. The number of carbonyl (C=O) groups is 1. The number of para-hydroxylation sites is 1. The van der Waals surface area contributed by atoms with E-state index in [1.54, 1.807) is 7.11 Å². The molecule has 2 aliphatic rings. The number of ether oxygens (including phenoxy) is 2. The van der Waals surface area contributed by atoms with Gasteiger partial charge in [0.1, 0.15) is 5.75 Å². The van der Waals surface area contributed by atoms with Crippen LogP contribution in [0.4, 0.5) is 0 Å². The molecule has 3 rings (SSSR count). The fraction of sp³-hybridized carbons (Fsp3) is 0.471. The van der Waals surface area contributed by atoms with Crippen molar-refractivity contribution in [3.8, 4) is 5.75 Å². The van der Waals surface area contributed by atoms with E-state index in [1.165, 1.54) is 0 Å². The Kier molecular flexibility index (Phi) is 4.13. The molecule has 1 aliphatic heterocycles. The average molecular weight is 287 g/mol. The number of benzene rings is 1. The van der Waals surface area contributed by atoms with Crippen molar-refractivity contribution in [2.45, 2.75) is 38.3 Å². The average Bonchev–Trinajstić information content (AvgIpc) is 3.38. The van der Waals surface area contributed by atoms with Gasteiger partial charge in [-0.05, 0) is 37.8 Å². The molecule has 4 heteroatoms. The molecule has 0 unspecified atom stereocenters. The maximum absolute atomic E-state index is 12.7. The lowest BCUT2D eigenvalue weighted by Gasteiger charge is -2.25. The summed E-state index contributed by atoms with van der Waals surface area (Å²) in [6.07, 6.45) is 5.99. The standard InChI is InChI=1S/C17H21NO3/c1-20-15-7-3-2-6-13(15)12-18(14-9-10-14)17(19)16-8-4-5-11-21-16/h2-3,6-8,14H,4-5,9-12H2,1H3. The van der Waals surface area contributed by atoms with E-state index < -0.39 is 0 Å². The van der Waals surface area contributed by atoms with Crippen LogP contribution >= 0.6 is 0 Å². The van der Waals surface area contributed by atoms with E-state index in [4.69, 9.17) is 9.47 Å². The van der Waals surface area contributed by atoms with Gasteiger partial charge in [0.15, 0.2) is 5.76 Å². The van der Waals surface area contributed by atoms with Crippen molar-refractivity contribution in [1.29, 1.82) is 0 Å². The molecule has 0 aromatic heterocycles. The van der Waals surface area contributed by atoms with Crippen molar-refractivity contribution >= 4 is 5.91 Å². The van der Waals surface area contributed by atoms with Crippen LogP contribution in [0.1, 0.15) is 31.2 Å². The molecule has 4 nitrogen and oxygen atoms in total. The summed E-state index contributed by atoms with van der Waals surface area (Å²) in [4.78, 5) is 14.6. The number of hydrogen-bond donors (Lipinski definition) is 0. The third-order valence-electron chi connectivity index (χ3n) is 3.93. The van der Waals surface area contributed by atoms with Gasteiger partial charge in [0, 0.05) is 11.6 Å². The molecular weight excluding hydrogens is 266 g/mol. The second kappa shape index (κ2) is 6.20. The van der Waals surface area contributed by atoms with Gasteiger partial charge >= 0.3 is 0 Å². The van der Waals surface area contributed by atoms with Gasteiger partial charge in [0.05, 0.1) is 20.3 Å². The van der Waals surface area contributed by atoms with Gasteiger partial charge in [-0.1, -0.05) is 18.2 Å². The Morgan fingerprint density at radius 2 is 2.19 bits per heavy atom. The number of amides is 1. The minimum Gasteiger partial charge on any atom is -0.496 e. The van der Waals surface area contributed by atoms with E-state index >= 15 is 0 Å². The van der Waals surface area contributed by atoms with E-state index in [0.29, 0.717) is 25.0 Å². The number of allylic oxidation sites excluding steroid dienone is 1. The minimum atomic E-state index is 0.0168. The van der Waals surface area contributed by atoms with E-state index in [2.05, 4.69) is 0 Å². The van der Waals surface area contributed by atoms with Gasteiger partial charge in [-0.2, -0.15) is 0 Å². The van der Waals surface area contributed by atoms with Crippen LogP contribution in [0.5, 0.6) is 5.75 Å². The summed E-state index contributed by atoms with van der Waals surface area (Å²) in [5.74, 6) is 1.36. The van der Waals surface area contributed by atoms with Crippen LogP contribution < -0.4 is 4.74 Å². The topological polar surface area (TPSA) is 38.8 Å². The molecule has 1 saturated carbocycles. The first-order chi connectivity index (χ1) is 10.3. The Morgan fingerprint density at radius 3 is 2.86 bits per heavy atom. The summed E-state index contributed by atoms with van der Waals surface area (Å²) in [5, 5.41) is 0. The molecule has 21 heavy (non-hydrogen) atoms. The summed E-state index contributed by atoms with van der Waals surface area (Å²) < 4.78 is 10.9. The van der Waals surface area contributed by atoms with Gasteiger partial charge in [-0.25, -0.2) is 0 Å². The van der Waals surface area contributed by atoms with Crippen LogP contribution in [0.15, 0.2) is 36.1 Å². The van der Waals surface area contributed by atoms with Crippen LogP contribution in [-0.2, 0) is 16.1 Å². The van der Waals surface area contributed by atoms with Gasteiger partial charge in [0.2, 0.25) is 0 Å². The smallest absolute Gasteiger partial charge is 0.289 e. The highest BCUT2D eigenvalue weighted by atomic mass is 16.5. The highest BCUT2D eigenvalue weighted by molar-refractivity contribution is 5.92. The lowest BCUT2D eigenvalue weighted by atomic mass is 10.1. The minimum absolute atomic E-state index is 0.0168. The zero-order valence-electron chi connectivity index (χ0n) is 12.4. The van der Waals surface area contributed by atoms with Gasteiger partial charge in [-0.3, -0.25) is 4.79 Å². The van der Waals surface area contributed by atoms with Crippen LogP contribution in [0.2, 0.25) is 0 Å². The van der Waals surface area contributed by atoms with Crippen LogP contribution in [0, 0.1) is 0 Å². The number of carbonyl (C=O) groups excluding carboxylic acids is 1. The van der Waals surface area contributed by atoms with Crippen LogP contribution in [0.25, 0.3) is 0 Å². The van der Waals surface area contributed by atoms with Crippen LogP contribution in [-0.4, -0.2) is 30.6 Å². The molecule has 1 aliphatic carbocycles. The zero-order chi connectivity index (χ0) is 14.7. The normalized spacial score (nSPS) is 17.7. The molecule has 1 fully saturated rings. The molecule has 0 radical (unpaired) electrons. The van der Waals surface area contributed by atoms with Gasteiger partial charge in [-0.15, -0.1) is 0 Å². The largest absolute Gasteiger partial charge is 0.496 e. The molecule has 0 bridgehead atoms. The Bertz CT molecular complexity index is 549. The Balaban J connectivity index is 1.78. The summed E-state index contributed by atoms with van der Waals surface area (Å²) in [6.45, 7) is 1.22.